The van der Waals surface area contributed by atoms with E-state index in [1.165, 1.54) is 19.2 Å². The van der Waals surface area contributed by atoms with Crippen LogP contribution in [0.4, 0.5) is 15.8 Å². The fourth-order valence-electron chi connectivity index (χ4n) is 2.99. The molecule has 2 aliphatic heterocycles. The van der Waals surface area contributed by atoms with Crippen molar-refractivity contribution in [3.8, 4) is 5.75 Å². The number of hydrogen-bond acceptors (Lipinski definition) is 6. The highest BCUT2D eigenvalue weighted by molar-refractivity contribution is 5.61. The molecule has 0 aromatic heterocycles. The van der Waals surface area contributed by atoms with Gasteiger partial charge < -0.3 is 19.1 Å². The molecule has 8 heteroatoms. The van der Waals surface area contributed by atoms with Crippen molar-refractivity contribution in [2.75, 3.05) is 38.3 Å². The van der Waals surface area contributed by atoms with Crippen LogP contribution < -0.4 is 9.64 Å². The van der Waals surface area contributed by atoms with Gasteiger partial charge in [-0.25, -0.2) is 4.39 Å². The van der Waals surface area contributed by atoms with Crippen molar-refractivity contribution in [3.63, 3.8) is 0 Å². The third kappa shape index (κ3) is 2.48. The van der Waals surface area contributed by atoms with Gasteiger partial charge in [-0.05, 0) is 6.07 Å². The topological polar surface area (TPSA) is 74.1 Å². The quantitative estimate of drug-likeness (QED) is 0.628. The Labute approximate surface area is 126 Å². The molecule has 1 aromatic rings. The Balaban J connectivity index is 1.82. The Morgan fingerprint density at radius 1 is 1.32 bits per heavy atom. The summed E-state index contributed by atoms with van der Waals surface area (Å²) >= 11 is 0. The molecule has 2 saturated heterocycles. The number of nitrogens with zero attached hydrogens (tertiary/aromatic N) is 2. The summed E-state index contributed by atoms with van der Waals surface area (Å²) in [5.41, 5.74) is -0.0741. The van der Waals surface area contributed by atoms with Crippen LogP contribution in [0.25, 0.3) is 0 Å². The molecule has 2 heterocycles. The van der Waals surface area contributed by atoms with Crippen LogP contribution in [-0.4, -0.2) is 44.1 Å². The maximum Gasteiger partial charge on any atom is 0.314 e. The summed E-state index contributed by atoms with van der Waals surface area (Å²) in [7, 11) is 1.22. The molecule has 1 aromatic carbocycles. The lowest BCUT2D eigenvalue weighted by molar-refractivity contribution is -0.386. The van der Waals surface area contributed by atoms with Crippen LogP contribution in [0.3, 0.4) is 0 Å². The molecule has 0 unspecified atom stereocenters. The van der Waals surface area contributed by atoms with E-state index in [1.54, 1.807) is 0 Å². The maximum atomic E-state index is 14.5. The average molecular weight is 312 g/mol. The lowest BCUT2D eigenvalue weighted by Crippen LogP contribution is -2.45. The molecule has 7 nitrogen and oxygen atoms in total. The molecule has 22 heavy (non-hydrogen) atoms. The lowest BCUT2D eigenvalue weighted by Gasteiger charge is -2.38. The number of nitro groups is 1. The van der Waals surface area contributed by atoms with Gasteiger partial charge in [-0.15, -0.1) is 0 Å². The second kappa shape index (κ2) is 5.69. The molecule has 0 atom stereocenters. The largest absolute Gasteiger partial charge is 0.488 e. The molecule has 0 saturated carbocycles. The van der Waals surface area contributed by atoms with E-state index in [1.807, 2.05) is 4.90 Å². The Bertz CT molecular complexity index is 579. The SMILES string of the molecule is COc1c([N+](=O)[O-])ccc(N2CCC3(CC2)OCCO3)c1F. The zero-order valence-corrected chi connectivity index (χ0v) is 12.2. The zero-order chi connectivity index (χ0) is 15.7. The van der Waals surface area contributed by atoms with E-state index in [-0.39, 0.29) is 11.4 Å². The van der Waals surface area contributed by atoms with E-state index in [0.717, 1.165) is 0 Å². The first kappa shape index (κ1) is 15.0. The van der Waals surface area contributed by atoms with Crippen molar-refractivity contribution in [2.45, 2.75) is 18.6 Å². The molecule has 0 radical (unpaired) electrons. The number of anilines is 1. The standard InChI is InChI=1S/C14H17FN2O5/c1-20-13-11(17(18)19)3-2-10(12(13)15)16-6-4-14(5-7-16)21-8-9-22-14/h2-3H,4-9H2,1H3. The van der Waals surface area contributed by atoms with Gasteiger partial charge in [-0.2, -0.15) is 0 Å². The molecule has 0 N–H and O–H groups in total. The number of nitro benzene ring substituents is 1. The van der Waals surface area contributed by atoms with Crippen LogP contribution in [0.2, 0.25) is 0 Å². The molecule has 0 bridgehead atoms. The zero-order valence-electron chi connectivity index (χ0n) is 12.2. The monoisotopic (exact) mass is 312 g/mol. The molecule has 1 spiro atoms. The highest BCUT2D eigenvalue weighted by atomic mass is 19.1. The number of methoxy groups -OCH3 is 1. The van der Waals surface area contributed by atoms with Gasteiger partial charge in [0.1, 0.15) is 0 Å². The second-order valence-electron chi connectivity index (χ2n) is 5.30. The van der Waals surface area contributed by atoms with Crippen molar-refractivity contribution in [1.82, 2.24) is 0 Å². The molecule has 2 fully saturated rings. The average Bonchev–Trinajstić information content (AvgIpc) is 2.96. The van der Waals surface area contributed by atoms with Crippen molar-refractivity contribution >= 4 is 11.4 Å². The number of benzene rings is 1. The summed E-state index contributed by atoms with van der Waals surface area (Å²) in [6, 6.07) is 2.69. The maximum absolute atomic E-state index is 14.5. The number of ether oxygens (including phenoxy) is 3. The van der Waals surface area contributed by atoms with Gasteiger partial charge in [-0.3, -0.25) is 10.1 Å². The van der Waals surface area contributed by atoms with Crippen molar-refractivity contribution in [1.29, 1.82) is 0 Å². The molecule has 0 amide bonds. The van der Waals surface area contributed by atoms with Crippen LogP contribution in [0.5, 0.6) is 5.75 Å². The predicted octanol–water partition coefficient (Wildman–Crippen LogP) is 2.09. The van der Waals surface area contributed by atoms with Crippen LogP contribution >= 0.6 is 0 Å². The fourth-order valence-corrected chi connectivity index (χ4v) is 2.99. The Hall–Kier alpha value is -1.93. The summed E-state index contributed by atoms with van der Waals surface area (Å²) in [4.78, 5) is 12.1. The number of halogens is 1. The predicted molar refractivity (Wildman–Crippen MR) is 75.7 cm³/mol. The normalized spacial score (nSPS) is 20.4. The van der Waals surface area contributed by atoms with Gasteiger partial charge in [0.15, 0.2) is 11.6 Å². The van der Waals surface area contributed by atoms with Crippen molar-refractivity contribution in [3.05, 3.63) is 28.1 Å². The van der Waals surface area contributed by atoms with Gasteiger partial charge in [-0.1, -0.05) is 0 Å². The summed E-state index contributed by atoms with van der Waals surface area (Å²) in [5.74, 6) is -1.59. The van der Waals surface area contributed by atoms with Gasteiger partial charge in [0.25, 0.3) is 0 Å². The van der Waals surface area contributed by atoms with Gasteiger partial charge in [0.05, 0.1) is 30.9 Å². The Morgan fingerprint density at radius 2 is 1.95 bits per heavy atom. The van der Waals surface area contributed by atoms with E-state index in [4.69, 9.17) is 14.2 Å². The van der Waals surface area contributed by atoms with E-state index >= 15 is 0 Å². The second-order valence-corrected chi connectivity index (χ2v) is 5.30. The highest BCUT2D eigenvalue weighted by Crippen LogP contribution is 2.39. The first-order valence-electron chi connectivity index (χ1n) is 7.10. The lowest BCUT2D eigenvalue weighted by atomic mass is 10.0. The Morgan fingerprint density at radius 3 is 2.50 bits per heavy atom. The summed E-state index contributed by atoms with van der Waals surface area (Å²) < 4.78 is 30.7. The third-order valence-corrected chi connectivity index (χ3v) is 4.14. The van der Waals surface area contributed by atoms with Crippen LogP contribution in [0, 0.1) is 15.9 Å². The fraction of sp³-hybridized carbons (Fsp3) is 0.571. The smallest absolute Gasteiger partial charge is 0.314 e. The minimum absolute atomic E-state index is 0.301. The minimum Gasteiger partial charge on any atom is -0.488 e. The number of hydrogen-bond donors (Lipinski definition) is 0. The van der Waals surface area contributed by atoms with E-state index in [9.17, 15) is 14.5 Å². The molecule has 0 aliphatic carbocycles. The van der Waals surface area contributed by atoms with Crippen molar-refractivity contribution < 1.29 is 23.5 Å². The summed E-state index contributed by atoms with van der Waals surface area (Å²) in [6.07, 6.45) is 1.26. The third-order valence-electron chi connectivity index (χ3n) is 4.14. The van der Waals surface area contributed by atoms with E-state index in [2.05, 4.69) is 0 Å². The molecule has 3 rings (SSSR count). The molecular formula is C14H17FN2O5. The molecule has 120 valence electrons. The van der Waals surface area contributed by atoms with Crippen LogP contribution in [0.1, 0.15) is 12.8 Å². The van der Waals surface area contributed by atoms with Crippen molar-refractivity contribution in [2.24, 2.45) is 0 Å². The van der Waals surface area contributed by atoms with Crippen LogP contribution in [-0.2, 0) is 9.47 Å². The van der Waals surface area contributed by atoms with Gasteiger partial charge >= 0.3 is 5.69 Å². The van der Waals surface area contributed by atoms with Gasteiger partial charge in [0.2, 0.25) is 5.75 Å². The highest BCUT2D eigenvalue weighted by Gasteiger charge is 2.40. The summed E-state index contributed by atoms with van der Waals surface area (Å²) in [5, 5.41) is 10.9. The number of rotatable bonds is 3. The molecule has 2 aliphatic rings. The van der Waals surface area contributed by atoms with E-state index in [0.29, 0.717) is 44.8 Å². The van der Waals surface area contributed by atoms with Crippen LogP contribution in [0.15, 0.2) is 12.1 Å². The number of piperidine rings is 1. The molecular weight excluding hydrogens is 295 g/mol. The first-order valence-corrected chi connectivity index (χ1v) is 7.10. The van der Waals surface area contributed by atoms with Gasteiger partial charge in [0, 0.05) is 32.0 Å². The van der Waals surface area contributed by atoms with E-state index < -0.39 is 16.5 Å². The first-order chi connectivity index (χ1) is 10.6. The minimum atomic E-state index is -0.707. The summed E-state index contributed by atoms with van der Waals surface area (Å²) in [6.45, 7) is 2.27. The Kier molecular flexibility index (Phi) is 3.88.